The molecule has 29 heavy (non-hydrogen) atoms. The van der Waals surface area contributed by atoms with Crippen LogP contribution in [0, 0.1) is 0 Å². The minimum Gasteiger partial charge on any atom is -0.497 e. The fourth-order valence-corrected chi connectivity index (χ4v) is 4.16. The highest BCUT2D eigenvalue weighted by atomic mass is 16.5. The number of ether oxygens (including phenoxy) is 2. The van der Waals surface area contributed by atoms with Crippen LogP contribution < -0.4 is 15.0 Å². The first-order chi connectivity index (χ1) is 14.0. The molecule has 154 valence electrons. The van der Waals surface area contributed by atoms with Gasteiger partial charge >= 0.3 is 0 Å². The third kappa shape index (κ3) is 4.34. The van der Waals surface area contributed by atoms with Crippen molar-refractivity contribution in [3.8, 4) is 5.75 Å². The second kappa shape index (κ2) is 8.37. The summed E-state index contributed by atoms with van der Waals surface area (Å²) in [6, 6.07) is 7.08. The van der Waals surface area contributed by atoms with Crippen molar-refractivity contribution >= 4 is 11.9 Å². The molecule has 1 fully saturated rings. The average molecular weight is 396 g/mol. The minimum atomic E-state index is -0.0922. The van der Waals surface area contributed by atoms with Crippen molar-refractivity contribution in [3.63, 3.8) is 0 Å². The number of aromatic nitrogens is 2. The number of fused-ring (bicyclic) bond motifs is 1. The van der Waals surface area contributed by atoms with E-state index in [4.69, 9.17) is 14.5 Å². The third-order valence-electron chi connectivity index (χ3n) is 5.53. The van der Waals surface area contributed by atoms with E-state index in [0.717, 1.165) is 55.3 Å². The Morgan fingerprint density at radius 3 is 2.62 bits per heavy atom. The number of carbonyl (C=O) groups is 1. The quantitative estimate of drug-likeness (QED) is 0.856. The Balaban J connectivity index is 1.50. The van der Waals surface area contributed by atoms with Crippen molar-refractivity contribution in [1.29, 1.82) is 0 Å². The molecule has 0 spiro atoms. The molecule has 1 N–H and O–H groups in total. The van der Waals surface area contributed by atoms with E-state index in [2.05, 4.69) is 29.0 Å². The molecule has 0 bridgehead atoms. The molecule has 4 rings (SSSR count). The summed E-state index contributed by atoms with van der Waals surface area (Å²) in [7, 11) is 1.61. The summed E-state index contributed by atoms with van der Waals surface area (Å²) >= 11 is 0. The largest absolute Gasteiger partial charge is 0.497 e. The fourth-order valence-electron chi connectivity index (χ4n) is 4.16. The maximum Gasteiger partial charge on any atom is 0.251 e. The standard InChI is InChI=1S/C22H28N4O3/c1-14-12-26(13-15(2)29-14)22-23-11-18-19(5-4-6-20(18)25-22)24-21(27)16-7-9-17(28-3)10-8-16/h7-11,14-15,19H,4-6,12-13H2,1-3H3,(H,24,27)/t14-,15-,19+/m0/s1. The molecule has 1 aromatic carbocycles. The second-order valence-corrected chi connectivity index (χ2v) is 7.88. The van der Waals surface area contributed by atoms with Crippen LogP contribution in [0.5, 0.6) is 5.75 Å². The number of morpholine rings is 1. The van der Waals surface area contributed by atoms with Gasteiger partial charge in [-0.05, 0) is 57.4 Å². The molecule has 1 aromatic heterocycles. The lowest BCUT2D eigenvalue weighted by Crippen LogP contribution is -2.46. The van der Waals surface area contributed by atoms with Gasteiger partial charge in [-0.25, -0.2) is 9.97 Å². The van der Waals surface area contributed by atoms with Gasteiger partial charge in [0.1, 0.15) is 5.75 Å². The number of amides is 1. The van der Waals surface area contributed by atoms with Crippen LogP contribution in [0.15, 0.2) is 30.5 Å². The number of nitrogens with zero attached hydrogens (tertiary/aromatic N) is 3. The summed E-state index contributed by atoms with van der Waals surface area (Å²) in [5.74, 6) is 1.40. The first kappa shape index (κ1) is 19.6. The van der Waals surface area contributed by atoms with Crippen LogP contribution in [0.25, 0.3) is 0 Å². The summed E-state index contributed by atoms with van der Waals surface area (Å²) in [6.45, 7) is 5.74. The van der Waals surface area contributed by atoms with Gasteiger partial charge in [0.05, 0.1) is 31.1 Å². The zero-order valence-electron chi connectivity index (χ0n) is 17.2. The summed E-state index contributed by atoms with van der Waals surface area (Å²) in [5.41, 5.74) is 2.68. The minimum absolute atomic E-state index is 0.0649. The Bertz CT molecular complexity index is 861. The number of hydrogen-bond donors (Lipinski definition) is 1. The van der Waals surface area contributed by atoms with Crippen molar-refractivity contribution in [2.45, 2.75) is 51.4 Å². The lowest BCUT2D eigenvalue weighted by atomic mass is 9.92. The molecule has 1 aliphatic carbocycles. The molecule has 2 heterocycles. The molecular weight excluding hydrogens is 368 g/mol. The van der Waals surface area contributed by atoms with Gasteiger partial charge in [0, 0.05) is 30.4 Å². The number of hydrogen-bond acceptors (Lipinski definition) is 6. The van der Waals surface area contributed by atoms with Crippen molar-refractivity contribution in [2.75, 3.05) is 25.1 Å². The lowest BCUT2D eigenvalue weighted by Gasteiger charge is -2.36. The number of anilines is 1. The topological polar surface area (TPSA) is 76.6 Å². The first-order valence-electron chi connectivity index (χ1n) is 10.2. The summed E-state index contributed by atoms with van der Waals surface area (Å²) < 4.78 is 11.0. The van der Waals surface area contributed by atoms with Gasteiger partial charge in [-0.2, -0.15) is 0 Å². The van der Waals surface area contributed by atoms with Crippen LogP contribution in [0.2, 0.25) is 0 Å². The molecule has 0 radical (unpaired) electrons. The molecule has 1 amide bonds. The molecule has 7 nitrogen and oxygen atoms in total. The number of nitrogens with one attached hydrogen (secondary N) is 1. The number of methoxy groups -OCH3 is 1. The van der Waals surface area contributed by atoms with Gasteiger partial charge in [0.15, 0.2) is 0 Å². The van der Waals surface area contributed by atoms with E-state index in [9.17, 15) is 4.79 Å². The fraction of sp³-hybridized carbons (Fsp3) is 0.500. The molecule has 7 heteroatoms. The zero-order valence-corrected chi connectivity index (χ0v) is 17.2. The highest BCUT2D eigenvalue weighted by molar-refractivity contribution is 5.94. The van der Waals surface area contributed by atoms with E-state index < -0.39 is 0 Å². The maximum atomic E-state index is 12.7. The average Bonchev–Trinajstić information content (AvgIpc) is 2.73. The number of rotatable bonds is 4. The van der Waals surface area contributed by atoms with E-state index in [0.29, 0.717) is 5.56 Å². The smallest absolute Gasteiger partial charge is 0.251 e. The van der Waals surface area contributed by atoms with E-state index in [-0.39, 0.29) is 24.2 Å². The van der Waals surface area contributed by atoms with Crippen molar-refractivity contribution in [2.24, 2.45) is 0 Å². The van der Waals surface area contributed by atoms with Gasteiger partial charge in [0.2, 0.25) is 5.95 Å². The van der Waals surface area contributed by atoms with Crippen LogP contribution in [-0.4, -0.2) is 48.3 Å². The molecule has 2 aromatic rings. The van der Waals surface area contributed by atoms with Crippen molar-refractivity contribution in [3.05, 3.63) is 47.3 Å². The molecule has 1 aliphatic heterocycles. The molecule has 1 saturated heterocycles. The SMILES string of the molecule is COc1ccc(C(=O)N[C@@H]2CCCc3nc(N4C[C@H](C)O[C@@H](C)C4)ncc32)cc1. The summed E-state index contributed by atoms with van der Waals surface area (Å²) in [6.07, 6.45) is 5.01. The van der Waals surface area contributed by atoms with E-state index >= 15 is 0 Å². The third-order valence-corrected chi connectivity index (χ3v) is 5.53. The Kier molecular flexibility index (Phi) is 5.67. The predicted molar refractivity (Wildman–Crippen MR) is 110 cm³/mol. The Hall–Kier alpha value is -2.67. The highest BCUT2D eigenvalue weighted by Crippen LogP contribution is 2.30. The summed E-state index contributed by atoms with van der Waals surface area (Å²) in [5, 5.41) is 3.15. The van der Waals surface area contributed by atoms with Gasteiger partial charge in [-0.15, -0.1) is 0 Å². The number of benzene rings is 1. The Labute approximate surface area is 171 Å². The predicted octanol–water partition coefficient (Wildman–Crippen LogP) is 2.91. The van der Waals surface area contributed by atoms with Crippen molar-refractivity contribution in [1.82, 2.24) is 15.3 Å². The van der Waals surface area contributed by atoms with Crippen molar-refractivity contribution < 1.29 is 14.3 Å². The molecular formula is C22H28N4O3. The van der Waals surface area contributed by atoms with Crippen LogP contribution in [0.3, 0.4) is 0 Å². The lowest BCUT2D eigenvalue weighted by molar-refractivity contribution is -0.00574. The first-order valence-corrected chi connectivity index (χ1v) is 10.2. The van der Waals surface area contributed by atoms with E-state index in [1.54, 1.807) is 31.4 Å². The normalized spacial score (nSPS) is 24.0. The number of carbonyl (C=O) groups excluding carboxylic acids is 1. The molecule has 3 atom stereocenters. The van der Waals surface area contributed by atoms with Crippen LogP contribution >= 0.6 is 0 Å². The van der Waals surface area contributed by atoms with Gasteiger partial charge in [0.25, 0.3) is 5.91 Å². The maximum absolute atomic E-state index is 12.7. The highest BCUT2D eigenvalue weighted by Gasteiger charge is 2.28. The molecule has 0 unspecified atom stereocenters. The van der Waals surface area contributed by atoms with Gasteiger partial charge in [-0.3, -0.25) is 4.79 Å². The van der Waals surface area contributed by atoms with Gasteiger partial charge < -0.3 is 19.7 Å². The zero-order chi connectivity index (χ0) is 20.4. The van der Waals surface area contributed by atoms with Crippen LogP contribution in [-0.2, 0) is 11.2 Å². The second-order valence-electron chi connectivity index (χ2n) is 7.88. The Morgan fingerprint density at radius 2 is 1.93 bits per heavy atom. The van der Waals surface area contributed by atoms with Crippen LogP contribution in [0.1, 0.15) is 54.3 Å². The molecule has 2 aliphatic rings. The van der Waals surface area contributed by atoms with E-state index in [1.807, 2.05) is 6.20 Å². The van der Waals surface area contributed by atoms with Gasteiger partial charge in [-0.1, -0.05) is 0 Å². The molecule has 0 saturated carbocycles. The monoisotopic (exact) mass is 396 g/mol. The van der Waals surface area contributed by atoms with E-state index in [1.165, 1.54) is 0 Å². The summed E-state index contributed by atoms with van der Waals surface area (Å²) in [4.78, 5) is 24.4. The number of aryl methyl sites for hydroxylation is 1. The van der Waals surface area contributed by atoms with Crippen LogP contribution in [0.4, 0.5) is 5.95 Å². The Morgan fingerprint density at radius 1 is 1.21 bits per heavy atom.